The molecule has 5 aromatic rings. The third-order valence-corrected chi connectivity index (χ3v) is 9.81. The number of rotatable bonds is 7. The van der Waals surface area contributed by atoms with E-state index < -0.39 is 6.09 Å². The molecule has 1 fully saturated rings. The first-order valence-electron chi connectivity index (χ1n) is 14.3. The summed E-state index contributed by atoms with van der Waals surface area (Å²) in [5.74, 6) is -0.705. The predicted octanol–water partition coefficient (Wildman–Crippen LogP) is 8.06. The molecule has 2 amide bonds. The number of aryl methyl sites for hydroxylation is 2. The molecular formula is C34H29ClFN3O3S. The average Bonchev–Trinajstić information content (AvgIpc) is 3.76. The zero-order valence-electron chi connectivity index (χ0n) is 23.5. The van der Waals surface area contributed by atoms with Crippen LogP contribution in [-0.4, -0.2) is 38.7 Å². The first-order valence-corrected chi connectivity index (χ1v) is 15.5. The summed E-state index contributed by atoms with van der Waals surface area (Å²) < 4.78 is 24.7. The van der Waals surface area contributed by atoms with E-state index in [1.807, 2.05) is 84.5 Å². The third-order valence-electron chi connectivity index (χ3n) is 8.43. The highest BCUT2D eigenvalue weighted by molar-refractivity contribution is 7.99. The van der Waals surface area contributed by atoms with Crippen LogP contribution in [0.1, 0.15) is 30.0 Å². The number of hydrogen-bond donors (Lipinski definition) is 0. The largest absolute Gasteiger partial charge is 0.447 e. The molecule has 2 atom stereocenters. The van der Waals surface area contributed by atoms with Crippen LogP contribution in [0.5, 0.6) is 0 Å². The van der Waals surface area contributed by atoms with Crippen LogP contribution in [0.25, 0.3) is 22.2 Å². The summed E-state index contributed by atoms with van der Waals surface area (Å²) in [4.78, 5) is 29.9. The van der Waals surface area contributed by atoms with Crippen LogP contribution in [0.15, 0.2) is 94.9 Å². The topological polar surface area (TPSA) is 56.5 Å². The number of cyclic esters (lactones) is 1. The van der Waals surface area contributed by atoms with Crippen molar-refractivity contribution in [3.05, 3.63) is 107 Å². The number of hydrogen-bond acceptors (Lipinski definition) is 4. The number of fused-ring (bicyclic) bond motifs is 3. The number of nitrogens with zero attached hydrogens (tertiary/aromatic N) is 3. The lowest BCUT2D eigenvalue weighted by Gasteiger charge is -2.22. The van der Waals surface area contributed by atoms with Gasteiger partial charge in [-0.05, 0) is 66.9 Å². The molecule has 9 heteroatoms. The van der Waals surface area contributed by atoms with Crippen LogP contribution in [0.2, 0.25) is 5.02 Å². The van der Waals surface area contributed by atoms with Gasteiger partial charge in [0.05, 0.1) is 11.6 Å². The second-order valence-corrected chi connectivity index (χ2v) is 12.7. The van der Waals surface area contributed by atoms with E-state index in [1.165, 1.54) is 4.90 Å². The minimum Gasteiger partial charge on any atom is -0.447 e. The van der Waals surface area contributed by atoms with Gasteiger partial charge in [-0.2, -0.15) is 0 Å². The summed E-state index contributed by atoms with van der Waals surface area (Å²) in [6, 6.07) is 24.2. The number of imide groups is 1. The number of halogens is 2. The van der Waals surface area contributed by atoms with Crippen molar-refractivity contribution < 1.29 is 18.7 Å². The van der Waals surface area contributed by atoms with Gasteiger partial charge in [-0.15, -0.1) is 0 Å². The molecule has 0 bridgehead atoms. The van der Waals surface area contributed by atoms with E-state index in [2.05, 4.69) is 4.57 Å². The standard InChI is InChI=1S/C34H29ClFN3O3S/c1-37-14-5-8-28(37)27-18-24(36)19-29-31(27)33(43-26-11-9-23(35)10-12-26)32-22(13-15-38(29)32)17-30(40)39-25(20-42-34(39)41)16-21-6-3-2-4-7-21/h2-12,14,18-19,22,25H,13,15-17,20H2,1H3/t22?,25-/m0/s1. The molecule has 0 radical (unpaired) electrons. The molecule has 6 nitrogen and oxygen atoms in total. The Hall–Kier alpha value is -4.01. The molecule has 2 aliphatic heterocycles. The van der Waals surface area contributed by atoms with E-state index in [9.17, 15) is 9.59 Å². The molecule has 4 heterocycles. The minimum atomic E-state index is -0.590. The summed E-state index contributed by atoms with van der Waals surface area (Å²) >= 11 is 7.79. The molecule has 0 aliphatic carbocycles. The van der Waals surface area contributed by atoms with Crippen LogP contribution in [-0.2, 0) is 29.5 Å². The van der Waals surface area contributed by atoms with Crippen LogP contribution >= 0.6 is 23.4 Å². The van der Waals surface area contributed by atoms with E-state index in [0.29, 0.717) is 24.4 Å². The second-order valence-electron chi connectivity index (χ2n) is 11.1. The van der Waals surface area contributed by atoms with Gasteiger partial charge in [0.1, 0.15) is 12.4 Å². The Morgan fingerprint density at radius 2 is 1.86 bits per heavy atom. The molecule has 7 rings (SSSR count). The lowest BCUT2D eigenvalue weighted by molar-refractivity contribution is -0.129. The van der Waals surface area contributed by atoms with Crippen molar-refractivity contribution in [2.75, 3.05) is 6.61 Å². The number of ether oxygens (including phenoxy) is 1. The Morgan fingerprint density at radius 1 is 1.07 bits per heavy atom. The van der Waals surface area contributed by atoms with Gasteiger partial charge in [-0.25, -0.2) is 14.1 Å². The van der Waals surface area contributed by atoms with E-state index in [0.717, 1.165) is 43.2 Å². The second kappa shape index (κ2) is 11.2. The zero-order chi connectivity index (χ0) is 29.7. The van der Waals surface area contributed by atoms with Crippen LogP contribution in [0, 0.1) is 5.82 Å². The summed E-state index contributed by atoms with van der Waals surface area (Å²) in [6.07, 6.45) is 2.78. The first-order chi connectivity index (χ1) is 20.9. The third kappa shape index (κ3) is 5.12. The van der Waals surface area contributed by atoms with Crippen LogP contribution < -0.4 is 0 Å². The first kappa shape index (κ1) is 27.8. The van der Waals surface area contributed by atoms with Gasteiger partial charge in [0, 0.05) is 69.3 Å². The molecule has 0 spiro atoms. The van der Waals surface area contributed by atoms with Gasteiger partial charge in [-0.3, -0.25) is 4.79 Å². The van der Waals surface area contributed by atoms with E-state index in [4.69, 9.17) is 16.3 Å². The molecule has 0 saturated carbocycles. The molecule has 43 heavy (non-hydrogen) atoms. The monoisotopic (exact) mass is 613 g/mol. The highest BCUT2D eigenvalue weighted by Crippen LogP contribution is 2.50. The molecule has 1 saturated heterocycles. The van der Waals surface area contributed by atoms with E-state index in [-0.39, 0.29) is 36.7 Å². The van der Waals surface area contributed by atoms with Crippen LogP contribution in [0.4, 0.5) is 9.18 Å². The minimum absolute atomic E-state index is 0.148. The molecular weight excluding hydrogens is 585 g/mol. The number of amides is 2. The lowest BCUT2D eigenvalue weighted by Crippen LogP contribution is -2.40. The molecule has 0 N–H and O–H groups in total. The van der Waals surface area contributed by atoms with Crippen molar-refractivity contribution in [1.29, 1.82) is 0 Å². The van der Waals surface area contributed by atoms with Crippen molar-refractivity contribution in [1.82, 2.24) is 14.0 Å². The quantitative estimate of drug-likeness (QED) is 0.186. The fourth-order valence-corrected chi connectivity index (χ4v) is 7.80. The summed E-state index contributed by atoms with van der Waals surface area (Å²) in [7, 11) is 1.95. The average molecular weight is 614 g/mol. The lowest BCUT2D eigenvalue weighted by atomic mass is 9.97. The SMILES string of the molecule is Cn1cccc1-c1cc(F)cc2c1c(Sc1ccc(Cl)cc1)c1n2CCC1CC(=O)N1C(=O)OC[C@@H]1Cc1ccccc1. The van der Waals surface area contributed by atoms with E-state index >= 15 is 4.39 Å². The highest BCUT2D eigenvalue weighted by atomic mass is 35.5. The molecule has 2 aliphatic rings. The van der Waals surface area contributed by atoms with E-state index in [1.54, 1.807) is 23.9 Å². The molecule has 218 valence electrons. The van der Waals surface area contributed by atoms with Gasteiger partial charge < -0.3 is 13.9 Å². The zero-order valence-corrected chi connectivity index (χ0v) is 25.1. The van der Waals surface area contributed by atoms with Gasteiger partial charge >= 0.3 is 6.09 Å². The Labute approximate surface area is 258 Å². The number of benzene rings is 3. The Morgan fingerprint density at radius 3 is 2.60 bits per heavy atom. The van der Waals surface area contributed by atoms with Crippen molar-refractivity contribution in [3.63, 3.8) is 0 Å². The van der Waals surface area contributed by atoms with Gasteiger partial charge in [-0.1, -0.05) is 53.7 Å². The highest BCUT2D eigenvalue weighted by Gasteiger charge is 2.41. The van der Waals surface area contributed by atoms with Gasteiger partial charge in [0.15, 0.2) is 0 Å². The fourth-order valence-electron chi connectivity index (χ4n) is 6.47. The van der Waals surface area contributed by atoms with Gasteiger partial charge in [0.2, 0.25) is 5.91 Å². The summed E-state index contributed by atoms with van der Waals surface area (Å²) in [5, 5.41) is 1.60. The maximum Gasteiger partial charge on any atom is 0.416 e. The van der Waals surface area contributed by atoms with Crippen molar-refractivity contribution in [3.8, 4) is 11.3 Å². The fraction of sp³-hybridized carbons (Fsp3) is 0.235. The number of carbonyl (C=O) groups is 2. The smallest absolute Gasteiger partial charge is 0.416 e. The molecule has 3 aromatic carbocycles. The maximum absolute atomic E-state index is 15.2. The normalized spacial score (nSPS) is 17.9. The Balaban J connectivity index is 1.29. The van der Waals surface area contributed by atoms with Gasteiger partial charge in [0.25, 0.3) is 0 Å². The molecule has 1 unspecified atom stereocenters. The van der Waals surface area contributed by atoms with Crippen molar-refractivity contribution in [2.24, 2.45) is 7.05 Å². The summed E-state index contributed by atoms with van der Waals surface area (Å²) in [5.41, 5.74) is 4.55. The van der Waals surface area contributed by atoms with Crippen molar-refractivity contribution >= 4 is 46.3 Å². The van der Waals surface area contributed by atoms with Crippen LogP contribution in [0.3, 0.4) is 0 Å². The molecule has 2 aromatic heterocycles. The predicted molar refractivity (Wildman–Crippen MR) is 166 cm³/mol. The summed E-state index contributed by atoms with van der Waals surface area (Å²) in [6.45, 7) is 0.834. The van der Waals surface area contributed by atoms with Crippen molar-refractivity contribution in [2.45, 2.75) is 47.6 Å². The number of aromatic nitrogens is 2. The Kier molecular flexibility index (Phi) is 7.27. The Bertz CT molecular complexity index is 1850. The number of carbonyl (C=O) groups excluding carboxylic acids is 2. The maximum atomic E-state index is 15.2.